The van der Waals surface area contributed by atoms with Gasteiger partial charge in [-0.2, -0.15) is 0 Å². The summed E-state index contributed by atoms with van der Waals surface area (Å²) in [4.78, 5) is 10.9. The Morgan fingerprint density at radius 1 is 1.62 bits per heavy atom. The summed E-state index contributed by atoms with van der Waals surface area (Å²) in [5, 5.41) is 12.1. The lowest BCUT2D eigenvalue weighted by molar-refractivity contribution is -0.139. The number of carboxylic acids is 1. The van der Waals surface area contributed by atoms with Crippen LogP contribution < -0.4 is 10.1 Å². The molecule has 2 atom stereocenters. The van der Waals surface area contributed by atoms with Crippen LogP contribution in [0.1, 0.15) is 24.9 Å². The summed E-state index contributed by atoms with van der Waals surface area (Å²) >= 11 is 0. The van der Waals surface area contributed by atoms with Crippen LogP contribution in [0.25, 0.3) is 0 Å². The van der Waals surface area contributed by atoms with Gasteiger partial charge in [-0.3, -0.25) is 10.1 Å². The third-order valence-electron chi connectivity index (χ3n) is 2.81. The van der Waals surface area contributed by atoms with Crippen LogP contribution in [0.3, 0.4) is 0 Å². The maximum atomic E-state index is 10.9. The average Bonchev–Trinajstić information content (AvgIpc) is 2.69. The predicted octanol–water partition coefficient (Wildman–Crippen LogP) is 1.57. The Balaban J connectivity index is 2.11. The second kappa shape index (κ2) is 4.53. The molecule has 0 bridgehead atoms. The molecule has 86 valence electrons. The van der Waals surface area contributed by atoms with Crippen molar-refractivity contribution in [2.45, 2.75) is 25.4 Å². The van der Waals surface area contributed by atoms with Crippen molar-refractivity contribution < 1.29 is 14.6 Å². The Morgan fingerprint density at radius 3 is 3.06 bits per heavy atom. The van der Waals surface area contributed by atoms with Crippen molar-refractivity contribution in [2.75, 3.05) is 6.61 Å². The highest BCUT2D eigenvalue weighted by Gasteiger charge is 2.27. The highest BCUT2D eigenvalue weighted by atomic mass is 16.5. The minimum atomic E-state index is -0.813. The zero-order chi connectivity index (χ0) is 11.5. The monoisotopic (exact) mass is 221 g/mol. The molecule has 4 heteroatoms. The van der Waals surface area contributed by atoms with Crippen LogP contribution in [-0.4, -0.2) is 23.7 Å². The molecule has 2 rings (SSSR count). The first-order valence-electron chi connectivity index (χ1n) is 5.43. The van der Waals surface area contributed by atoms with E-state index in [1.807, 2.05) is 31.2 Å². The fourth-order valence-electron chi connectivity index (χ4n) is 1.91. The van der Waals surface area contributed by atoms with Gasteiger partial charge in [0.05, 0.1) is 6.04 Å². The van der Waals surface area contributed by atoms with Gasteiger partial charge in [-0.25, -0.2) is 0 Å². The van der Waals surface area contributed by atoms with E-state index in [9.17, 15) is 4.79 Å². The summed E-state index contributed by atoms with van der Waals surface area (Å²) in [6, 6.07) is 7.18. The number of hydrogen-bond donors (Lipinski definition) is 2. The molecule has 0 spiro atoms. The largest absolute Gasteiger partial charge is 0.491 e. The SMILES string of the molecule is CCC(NC1COc2ccccc21)C(=O)O. The molecule has 1 aromatic carbocycles. The molecule has 16 heavy (non-hydrogen) atoms. The van der Waals surface area contributed by atoms with E-state index in [1.165, 1.54) is 0 Å². The van der Waals surface area contributed by atoms with Gasteiger partial charge in [-0.05, 0) is 12.5 Å². The summed E-state index contributed by atoms with van der Waals surface area (Å²) in [5.41, 5.74) is 1.04. The van der Waals surface area contributed by atoms with E-state index in [4.69, 9.17) is 9.84 Å². The number of hydrogen-bond acceptors (Lipinski definition) is 3. The van der Waals surface area contributed by atoms with Crippen LogP contribution in [0.15, 0.2) is 24.3 Å². The maximum absolute atomic E-state index is 10.9. The molecule has 0 saturated carbocycles. The van der Waals surface area contributed by atoms with E-state index in [-0.39, 0.29) is 6.04 Å². The van der Waals surface area contributed by atoms with Crippen molar-refractivity contribution in [3.05, 3.63) is 29.8 Å². The Kier molecular flexibility index (Phi) is 3.10. The molecule has 0 aromatic heterocycles. The van der Waals surface area contributed by atoms with Crippen molar-refractivity contribution >= 4 is 5.97 Å². The van der Waals surface area contributed by atoms with Gasteiger partial charge in [-0.1, -0.05) is 25.1 Å². The molecular formula is C12H15NO3. The highest BCUT2D eigenvalue weighted by Crippen LogP contribution is 2.31. The van der Waals surface area contributed by atoms with Gasteiger partial charge in [0.2, 0.25) is 0 Å². The molecule has 0 amide bonds. The first-order chi connectivity index (χ1) is 7.72. The quantitative estimate of drug-likeness (QED) is 0.810. The van der Waals surface area contributed by atoms with Crippen molar-refractivity contribution in [1.29, 1.82) is 0 Å². The molecular weight excluding hydrogens is 206 g/mol. The van der Waals surface area contributed by atoms with Gasteiger partial charge >= 0.3 is 5.97 Å². The summed E-state index contributed by atoms with van der Waals surface area (Å²) < 4.78 is 5.48. The van der Waals surface area contributed by atoms with E-state index >= 15 is 0 Å². The summed E-state index contributed by atoms with van der Waals surface area (Å²) in [6.45, 7) is 2.36. The van der Waals surface area contributed by atoms with Crippen LogP contribution in [-0.2, 0) is 4.79 Å². The van der Waals surface area contributed by atoms with E-state index in [2.05, 4.69) is 5.32 Å². The second-order valence-electron chi connectivity index (χ2n) is 3.87. The van der Waals surface area contributed by atoms with E-state index in [0.29, 0.717) is 13.0 Å². The fourth-order valence-corrected chi connectivity index (χ4v) is 1.91. The van der Waals surface area contributed by atoms with Crippen LogP contribution in [0.4, 0.5) is 0 Å². The zero-order valence-electron chi connectivity index (χ0n) is 9.14. The fraction of sp³-hybridized carbons (Fsp3) is 0.417. The smallest absolute Gasteiger partial charge is 0.320 e. The highest BCUT2D eigenvalue weighted by molar-refractivity contribution is 5.73. The number of para-hydroxylation sites is 1. The molecule has 2 unspecified atom stereocenters. The first kappa shape index (κ1) is 11.0. The van der Waals surface area contributed by atoms with E-state index < -0.39 is 12.0 Å². The van der Waals surface area contributed by atoms with Crippen molar-refractivity contribution in [1.82, 2.24) is 5.32 Å². The van der Waals surface area contributed by atoms with Crippen LogP contribution in [0.2, 0.25) is 0 Å². The molecule has 1 heterocycles. The zero-order valence-corrected chi connectivity index (χ0v) is 9.14. The lowest BCUT2D eigenvalue weighted by atomic mass is 10.1. The molecule has 1 aliphatic heterocycles. The molecule has 0 saturated heterocycles. The Hall–Kier alpha value is -1.55. The Bertz CT molecular complexity index is 392. The lowest BCUT2D eigenvalue weighted by Gasteiger charge is -2.17. The van der Waals surface area contributed by atoms with Crippen molar-refractivity contribution in [3.63, 3.8) is 0 Å². The number of nitrogens with one attached hydrogen (secondary N) is 1. The Morgan fingerprint density at radius 2 is 2.38 bits per heavy atom. The number of carboxylic acid groups (broad SMARTS) is 1. The van der Waals surface area contributed by atoms with E-state index in [1.54, 1.807) is 0 Å². The number of ether oxygens (including phenoxy) is 1. The molecule has 2 N–H and O–H groups in total. The van der Waals surface area contributed by atoms with Gasteiger partial charge in [0.25, 0.3) is 0 Å². The lowest BCUT2D eigenvalue weighted by Crippen LogP contribution is -2.39. The van der Waals surface area contributed by atoms with Gasteiger partial charge in [0, 0.05) is 5.56 Å². The number of fused-ring (bicyclic) bond motifs is 1. The molecule has 4 nitrogen and oxygen atoms in total. The number of carbonyl (C=O) groups is 1. The van der Waals surface area contributed by atoms with Gasteiger partial charge in [0.15, 0.2) is 0 Å². The van der Waals surface area contributed by atoms with Gasteiger partial charge < -0.3 is 9.84 Å². The van der Waals surface area contributed by atoms with Gasteiger partial charge in [0.1, 0.15) is 18.4 Å². The molecule has 0 aliphatic carbocycles. The molecule has 0 radical (unpaired) electrons. The second-order valence-corrected chi connectivity index (χ2v) is 3.87. The third kappa shape index (κ3) is 2.02. The predicted molar refractivity (Wildman–Crippen MR) is 59.5 cm³/mol. The van der Waals surface area contributed by atoms with Crippen molar-refractivity contribution in [2.24, 2.45) is 0 Å². The topological polar surface area (TPSA) is 58.6 Å². The number of rotatable bonds is 4. The van der Waals surface area contributed by atoms with Crippen molar-refractivity contribution in [3.8, 4) is 5.75 Å². The van der Waals surface area contributed by atoms with Gasteiger partial charge in [-0.15, -0.1) is 0 Å². The molecule has 1 aromatic rings. The minimum absolute atomic E-state index is 0.0164. The van der Waals surface area contributed by atoms with Crippen LogP contribution in [0, 0.1) is 0 Å². The summed E-state index contributed by atoms with van der Waals surface area (Å²) in [5.74, 6) is 0.0344. The summed E-state index contributed by atoms with van der Waals surface area (Å²) in [6.07, 6.45) is 0.563. The number of benzene rings is 1. The van der Waals surface area contributed by atoms with E-state index in [0.717, 1.165) is 11.3 Å². The normalized spacial score (nSPS) is 19.9. The molecule has 0 fully saturated rings. The molecule has 1 aliphatic rings. The van der Waals surface area contributed by atoms with Crippen LogP contribution in [0.5, 0.6) is 5.75 Å². The van der Waals surface area contributed by atoms with Crippen LogP contribution >= 0.6 is 0 Å². The number of aliphatic carboxylic acids is 1. The standard InChI is InChI=1S/C12H15NO3/c1-2-9(12(14)15)13-10-7-16-11-6-4-3-5-8(10)11/h3-6,9-10,13H,2,7H2,1H3,(H,14,15). The maximum Gasteiger partial charge on any atom is 0.320 e. The summed E-state index contributed by atoms with van der Waals surface area (Å²) in [7, 11) is 0. The third-order valence-corrected chi connectivity index (χ3v) is 2.81. The Labute approximate surface area is 94.2 Å². The minimum Gasteiger partial charge on any atom is -0.491 e. The average molecular weight is 221 g/mol. The first-order valence-corrected chi connectivity index (χ1v) is 5.43.